The maximum absolute atomic E-state index is 5.34. The Kier molecular flexibility index (Phi) is 3.36. The van der Waals surface area contributed by atoms with Crippen molar-refractivity contribution in [2.45, 2.75) is 26.4 Å². The predicted molar refractivity (Wildman–Crippen MR) is 44.0 cm³/mol. The molecule has 0 spiro atoms. The third-order valence-electron chi connectivity index (χ3n) is 1.42. The summed E-state index contributed by atoms with van der Waals surface area (Å²) in [5.74, 6) is 0.852. The minimum atomic E-state index is 0.303. The van der Waals surface area contributed by atoms with Crippen LogP contribution in [0.15, 0.2) is 4.99 Å². The molecule has 1 rings (SSSR count). The fraction of sp³-hybridized carbons (Fsp3) is 0.875. The second kappa shape index (κ2) is 4.34. The largest absolute Gasteiger partial charge is 0.479 e. The number of rotatable bonds is 4. The second-order valence-electron chi connectivity index (χ2n) is 2.79. The Morgan fingerprint density at radius 2 is 2.45 bits per heavy atom. The first-order valence-electron chi connectivity index (χ1n) is 4.07. The number of hydrogen-bond donors (Lipinski definition) is 0. The Balaban J connectivity index is 2.03. The van der Waals surface area contributed by atoms with E-state index in [0.29, 0.717) is 6.10 Å². The summed E-state index contributed by atoms with van der Waals surface area (Å²) in [7, 11) is 0. The summed E-state index contributed by atoms with van der Waals surface area (Å²) in [6, 6.07) is 0. The van der Waals surface area contributed by atoms with Crippen LogP contribution < -0.4 is 0 Å². The predicted octanol–water partition coefficient (Wildman–Crippen LogP) is 1.23. The molecule has 0 aromatic carbocycles. The van der Waals surface area contributed by atoms with Crippen LogP contribution in [0.2, 0.25) is 0 Å². The van der Waals surface area contributed by atoms with Gasteiger partial charge < -0.3 is 9.47 Å². The van der Waals surface area contributed by atoms with Gasteiger partial charge in [-0.1, -0.05) is 0 Å². The maximum atomic E-state index is 5.34. The van der Waals surface area contributed by atoms with E-state index >= 15 is 0 Å². The van der Waals surface area contributed by atoms with Gasteiger partial charge in [0.25, 0.3) is 0 Å². The zero-order chi connectivity index (χ0) is 8.10. The average Bonchev–Trinajstić information content (AvgIpc) is 2.39. The summed E-state index contributed by atoms with van der Waals surface area (Å²) >= 11 is 0. The molecule has 0 atom stereocenters. The molecule has 1 aliphatic heterocycles. The van der Waals surface area contributed by atoms with Crippen molar-refractivity contribution in [3.63, 3.8) is 0 Å². The van der Waals surface area contributed by atoms with Crippen LogP contribution in [0, 0.1) is 0 Å². The van der Waals surface area contributed by atoms with Crippen LogP contribution in [-0.2, 0) is 9.47 Å². The molecule has 1 aliphatic rings. The van der Waals surface area contributed by atoms with Gasteiger partial charge in [-0.15, -0.1) is 0 Å². The summed E-state index contributed by atoms with van der Waals surface area (Å²) in [6.07, 6.45) is 1.12. The SMILES string of the molecule is CC(C)OCCC1=NCCO1. The van der Waals surface area contributed by atoms with E-state index in [9.17, 15) is 0 Å². The molecule has 0 fully saturated rings. The lowest BCUT2D eigenvalue weighted by atomic mass is 10.4. The second-order valence-corrected chi connectivity index (χ2v) is 2.79. The van der Waals surface area contributed by atoms with Gasteiger partial charge in [-0.3, -0.25) is 4.99 Å². The Morgan fingerprint density at radius 3 is 3.00 bits per heavy atom. The molecule has 0 unspecified atom stereocenters. The lowest BCUT2D eigenvalue weighted by molar-refractivity contribution is 0.0821. The molecule has 64 valence electrons. The Labute approximate surface area is 67.4 Å². The van der Waals surface area contributed by atoms with Crippen LogP contribution in [0.3, 0.4) is 0 Å². The molecule has 0 N–H and O–H groups in total. The van der Waals surface area contributed by atoms with E-state index in [1.54, 1.807) is 0 Å². The normalized spacial score (nSPS) is 16.8. The number of nitrogens with zero attached hydrogens (tertiary/aromatic N) is 1. The van der Waals surface area contributed by atoms with Crippen molar-refractivity contribution in [1.82, 2.24) is 0 Å². The molecule has 0 radical (unpaired) electrons. The zero-order valence-electron chi connectivity index (χ0n) is 7.17. The number of ether oxygens (including phenoxy) is 2. The molecule has 0 saturated carbocycles. The maximum Gasteiger partial charge on any atom is 0.185 e. The Bertz CT molecular complexity index is 143. The Morgan fingerprint density at radius 1 is 1.64 bits per heavy atom. The lowest BCUT2D eigenvalue weighted by Crippen LogP contribution is -2.08. The van der Waals surface area contributed by atoms with Crippen molar-refractivity contribution in [2.75, 3.05) is 19.8 Å². The third-order valence-corrected chi connectivity index (χ3v) is 1.42. The molecule has 3 heteroatoms. The van der Waals surface area contributed by atoms with Gasteiger partial charge in [-0.05, 0) is 13.8 Å². The standard InChI is InChI=1S/C8H15NO2/c1-7(2)10-5-3-8-9-4-6-11-8/h7H,3-6H2,1-2H3. The van der Waals surface area contributed by atoms with Gasteiger partial charge in [0.15, 0.2) is 5.90 Å². The average molecular weight is 157 g/mol. The summed E-state index contributed by atoms with van der Waals surface area (Å²) in [4.78, 5) is 4.15. The van der Waals surface area contributed by atoms with Crippen molar-refractivity contribution in [3.05, 3.63) is 0 Å². The van der Waals surface area contributed by atoms with Gasteiger partial charge in [0, 0.05) is 6.42 Å². The quantitative estimate of drug-likeness (QED) is 0.614. The zero-order valence-corrected chi connectivity index (χ0v) is 7.17. The van der Waals surface area contributed by atoms with Crippen LogP contribution in [0.5, 0.6) is 0 Å². The lowest BCUT2D eigenvalue weighted by Gasteiger charge is -2.06. The molecular weight excluding hydrogens is 142 g/mol. The van der Waals surface area contributed by atoms with Crippen molar-refractivity contribution in [3.8, 4) is 0 Å². The molecule has 0 aromatic heterocycles. The minimum Gasteiger partial charge on any atom is -0.479 e. The van der Waals surface area contributed by atoms with Crippen LogP contribution in [0.4, 0.5) is 0 Å². The topological polar surface area (TPSA) is 30.8 Å². The van der Waals surface area contributed by atoms with Gasteiger partial charge in [0.2, 0.25) is 0 Å². The molecule has 0 amide bonds. The minimum absolute atomic E-state index is 0.303. The van der Waals surface area contributed by atoms with E-state index in [1.165, 1.54) is 0 Å². The number of aliphatic imine (C=N–C) groups is 1. The van der Waals surface area contributed by atoms with Gasteiger partial charge >= 0.3 is 0 Å². The first kappa shape index (κ1) is 8.53. The van der Waals surface area contributed by atoms with Gasteiger partial charge in [-0.25, -0.2) is 0 Å². The monoisotopic (exact) mass is 157 g/mol. The molecule has 0 aliphatic carbocycles. The highest BCUT2D eigenvalue weighted by Crippen LogP contribution is 1.99. The molecule has 3 nitrogen and oxygen atoms in total. The summed E-state index contributed by atoms with van der Waals surface area (Å²) in [5, 5.41) is 0. The summed E-state index contributed by atoms with van der Waals surface area (Å²) in [6.45, 7) is 6.33. The highest BCUT2D eigenvalue weighted by molar-refractivity contribution is 5.77. The number of hydrogen-bond acceptors (Lipinski definition) is 3. The molecule has 0 bridgehead atoms. The first-order chi connectivity index (χ1) is 5.29. The molecule has 11 heavy (non-hydrogen) atoms. The van der Waals surface area contributed by atoms with Crippen molar-refractivity contribution in [2.24, 2.45) is 4.99 Å². The van der Waals surface area contributed by atoms with Crippen molar-refractivity contribution < 1.29 is 9.47 Å². The Hall–Kier alpha value is -0.570. The fourth-order valence-corrected chi connectivity index (χ4v) is 0.913. The van der Waals surface area contributed by atoms with E-state index in [1.807, 2.05) is 13.8 Å². The molecule has 0 saturated heterocycles. The van der Waals surface area contributed by atoms with Gasteiger partial charge in [0.1, 0.15) is 6.61 Å². The fourth-order valence-electron chi connectivity index (χ4n) is 0.913. The van der Waals surface area contributed by atoms with E-state index in [-0.39, 0.29) is 0 Å². The molecule has 1 heterocycles. The van der Waals surface area contributed by atoms with Gasteiger partial charge in [-0.2, -0.15) is 0 Å². The first-order valence-corrected chi connectivity index (χ1v) is 4.07. The smallest absolute Gasteiger partial charge is 0.185 e. The van der Waals surface area contributed by atoms with Crippen molar-refractivity contribution in [1.29, 1.82) is 0 Å². The van der Waals surface area contributed by atoms with E-state index < -0.39 is 0 Å². The van der Waals surface area contributed by atoms with Crippen LogP contribution in [0.25, 0.3) is 0 Å². The highest BCUT2D eigenvalue weighted by atomic mass is 16.5. The molecular formula is C8H15NO2. The summed E-state index contributed by atoms with van der Waals surface area (Å²) < 4.78 is 10.5. The van der Waals surface area contributed by atoms with E-state index in [4.69, 9.17) is 9.47 Å². The molecule has 0 aromatic rings. The van der Waals surface area contributed by atoms with Gasteiger partial charge in [0.05, 0.1) is 19.3 Å². The highest BCUT2D eigenvalue weighted by Gasteiger charge is 2.06. The summed E-state index contributed by atoms with van der Waals surface area (Å²) in [5.41, 5.74) is 0. The third kappa shape index (κ3) is 3.37. The van der Waals surface area contributed by atoms with E-state index in [2.05, 4.69) is 4.99 Å². The van der Waals surface area contributed by atoms with Crippen LogP contribution in [-0.4, -0.2) is 31.8 Å². The van der Waals surface area contributed by atoms with Crippen LogP contribution in [0.1, 0.15) is 20.3 Å². The van der Waals surface area contributed by atoms with E-state index in [0.717, 1.165) is 32.1 Å². The van der Waals surface area contributed by atoms with Crippen molar-refractivity contribution >= 4 is 5.90 Å². The van der Waals surface area contributed by atoms with Crippen LogP contribution >= 0.6 is 0 Å².